The van der Waals surface area contributed by atoms with Gasteiger partial charge in [0.15, 0.2) is 5.78 Å². The first kappa shape index (κ1) is 22.5. The molecule has 0 aliphatic heterocycles. The van der Waals surface area contributed by atoms with E-state index in [-0.39, 0.29) is 27.9 Å². The SMILES string of the molecule is CC(C)(C)C1=CC2(C=C(C(C)(C)C)C1=O)CC(c1ccccc1)C=CC2c1ccccc1. The molecule has 2 aliphatic carbocycles. The molecule has 0 heterocycles. The fourth-order valence-corrected chi connectivity index (χ4v) is 5.28. The highest BCUT2D eigenvalue weighted by Gasteiger charge is 2.46. The number of hydrogen-bond acceptors (Lipinski definition) is 1. The second kappa shape index (κ2) is 8.03. The number of rotatable bonds is 2. The summed E-state index contributed by atoms with van der Waals surface area (Å²) in [5.41, 5.74) is 3.89. The van der Waals surface area contributed by atoms with Gasteiger partial charge in [0.1, 0.15) is 0 Å². The van der Waals surface area contributed by atoms with E-state index in [4.69, 9.17) is 0 Å². The minimum absolute atomic E-state index is 0.200. The molecule has 2 unspecified atom stereocenters. The van der Waals surface area contributed by atoms with Crippen LogP contribution in [0.25, 0.3) is 0 Å². The number of carbonyl (C=O) groups excluding carboxylic acids is 1. The van der Waals surface area contributed by atoms with Crippen LogP contribution in [-0.4, -0.2) is 5.78 Å². The standard InChI is InChI=1S/C31H36O/c1-29(2,3)26-20-31(21-27(28(26)32)30(4,5)6)19-24(22-13-9-7-10-14-22)17-18-25(31)23-15-11-8-12-16-23/h7-18,20-21,24-25H,19H2,1-6H3. The summed E-state index contributed by atoms with van der Waals surface area (Å²) in [6.45, 7) is 13.0. The third-order valence-corrected chi connectivity index (χ3v) is 7.01. The lowest BCUT2D eigenvalue weighted by molar-refractivity contribution is -0.114. The van der Waals surface area contributed by atoms with Crippen LogP contribution in [0, 0.1) is 16.2 Å². The minimum atomic E-state index is -0.240. The molecule has 0 saturated carbocycles. The van der Waals surface area contributed by atoms with Crippen LogP contribution in [0.4, 0.5) is 0 Å². The van der Waals surface area contributed by atoms with Gasteiger partial charge in [0.2, 0.25) is 0 Å². The normalized spacial score (nSPS) is 23.1. The van der Waals surface area contributed by atoms with Crippen molar-refractivity contribution in [2.24, 2.45) is 16.2 Å². The van der Waals surface area contributed by atoms with Gasteiger partial charge in [-0.15, -0.1) is 0 Å². The molecular formula is C31H36O. The fraction of sp³-hybridized carbons (Fsp3) is 0.387. The molecule has 0 aromatic heterocycles. The van der Waals surface area contributed by atoms with Crippen LogP contribution in [0.2, 0.25) is 0 Å². The Bertz CT molecular complexity index is 1030. The first-order valence-corrected chi connectivity index (χ1v) is 11.8. The summed E-state index contributed by atoms with van der Waals surface area (Å²) in [5, 5.41) is 0. The number of Topliss-reactive ketones (excluding diaryl/α,β-unsaturated/α-hetero) is 1. The van der Waals surface area contributed by atoms with Crippen molar-refractivity contribution in [3.8, 4) is 0 Å². The lowest BCUT2D eigenvalue weighted by atomic mass is 9.57. The van der Waals surface area contributed by atoms with E-state index in [2.05, 4.69) is 127 Å². The van der Waals surface area contributed by atoms with E-state index < -0.39 is 0 Å². The Morgan fingerprint density at radius 2 is 1.16 bits per heavy atom. The Labute approximate surface area is 194 Å². The molecule has 0 bridgehead atoms. The second-order valence-electron chi connectivity index (χ2n) is 11.6. The van der Waals surface area contributed by atoms with E-state index in [9.17, 15) is 4.79 Å². The maximum atomic E-state index is 13.7. The molecule has 0 fully saturated rings. The zero-order valence-corrected chi connectivity index (χ0v) is 20.4. The van der Waals surface area contributed by atoms with Crippen molar-refractivity contribution in [1.29, 1.82) is 0 Å². The summed E-state index contributed by atoms with van der Waals surface area (Å²) in [7, 11) is 0. The molecule has 32 heavy (non-hydrogen) atoms. The zero-order chi connectivity index (χ0) is 23.1. The lowest BCUT2D eigenvalue weighted by Crippen LogP contribution is -2.38. The maximum absolute atomic E-state index is 13.7. The summed E-state index contributed by atoms with van der Waals surface area (Å²) >= 11 is 0. The van der Waals surface area contributed by atoms with E-state index in [1.54, 1.807) is 0 Å². The molecule has 166 valence electrons. The summed E-state index contributed by atoms with van der Waals surface area (Å²) in [6, 6.07) is 21.5. The lowest BCUT2D eigenvalue weighted by Gasteiger charge is -2.46. The van der Waals surface area contributed by atoms with Crippen molar-refractivity contribution in [1.82, 2.24) is 0 Å². The van der Waals surface area contributed by atoms with E-state index in [0.29, 0.717) is 5.92 Å². The van der Waals surface area contributed by atoms with E-state index in [0.717, 1.165) is 17.6 Å². The summed E-state index contributed by atoms with van der Waals surface area (Å²) in [6.07, 6.45) is 10.4. The molecule has 1 nitrogen and oxygen atoms in total. The van der Waals surface area contributed by atoms with Crippen molar-refractivity contribution in [2.75, 3.05) is 0 Å². The zero-order valence-electron chi connectivity index (χ0n) is 20.4. The van der Waals surface area contributed by atoms with Crippen molar-refractivity contribution < 1.29 is 4.79 Å². The molecule has 0 radical (unpaired) electrons. The van der Waals surface area contributed by atoms with Gasteiger partial charge in [-0.3, -0.25) is 4.79 Å². The fourth-order valence-electron chi connectivity index (χ4n) is 5.28. The minimum Gasteiger partial charge on any atom is -0.289 e. The number of benzene rings is 2. The van der Waals surface area contributed by atoms with Gasteiger partial charge >= 0.3 is 0 Å². The Morgan fingerprint density at radius 1 is 0.688 bits per heavy atom. The molecule has 2 aromatic carbocycles. The first-order chi connectivity index (χ1) is 15.0. The summed E-state index contributed by atoms with van der Waals surface area (Å²) < 4.78 is 0. The van der Waals surface area contributed by atoms with Gasteiger partial charge in [-0.25, -0.2) is 0 Å². The Balaban J connectivity index is 1.96. The predicted octanol–water partition coefficient (Wildman–Crippen LogP) is 8.03. The second-order valence-corrected chi connectivity index (χ2v) is 11.6. The van der Waals surface area contributed by atoms with Crippen molar-refractivity contribution in [3.05, 3.63) is 107 Å². The molecule has 0 amide bonds. The average Bonchev–Trinajstić information content (AvgIpc) is 2.75. The van der Waals surface area contributed by atoms with Crippen LogP contribution in [0.3, 0.4) is 0 Å². The average molecular weight is 425 g/mol. The molecule has 2 atom stereocenters. The van der Waals surface area contributed by atoms with E-state index in [1.165, 1.54) is 11.1 Å². The smallest absolute Gasteiger partial charge is 0.185 e. The Hall–Kier alpha value is -2.67. The van der Waals surface area contributed by atoms with Gasteiger partial charge < -0.3 is 0 Å². The van der Waals surface area contributed by atoms with Gasteiger partial charge in [0.05, 0.1) is 0 Å². The van der Waals surface area contributed by atoms with Crippen LogP contribution < -0.4 is 0 Å². The number of allylic oxidation sites excluding steroid dienone is 6. The van der Waals surface area contributed by atoms with Crippen LogP contribution >= 0.6 is 0 Å². The molecule has 2 aromatic rings. The summed E-state index contributed by atoms with van der Waals surface area (Å²) in [5.74, 6) is 0.735. The predicted molar refractivity (Wildman–Crippen MR) is 135 cm³/mol. The summed E-state index contributed by atoms with van der Waals surface area (Å²) in [4.78, 5) is 13.7. The molecule has 1 spiro atoms. The third-order valence-electron chi connectivity index (χ3n) is 7.01. The third kappa shape index (κ3) is 4.18. The van der Waals surface area contributed by atoms with Crippen LogP contribution in [0.5, 0.6) is 0 Å². The Morgan fingerprint density at radius 3 is 1.62 bits per heavy atom. The number of ketones is 1. The van der Waals surface area contributed by atoms with Crippen LogP contribution in [0.1, 0.15) is 70.9 Å². The molecule has 0 N–H and O–H groups in total. The molecule has 2 aliphatic rings. The Kier molecular flexibility index (Phi) is 5.65. The number of carbonyl (C=O) groups is 1. The van der Waals surface area contributed by atoms with Crippen LogP contribution in [0.15, 0.2) is 96.1 Å². The topological polar surface area (TPSA) is 17.1 Å². The highest BCUT2D eigenvalue weighted by atomic mass is 16.1. The molecule has 0 saturated heterocycles. The van der Waals surface area contributed by atoms with Crippen molar-refractivity contribution in [2.45, 2.75) is 59.8 Å². The largest absolute Gasteiger partial charge is 0.289 e. The maximum Gasteiger partial charge on any atom is 0.185 e. The highest BCUT2D eigenvalue weighted by Crippen LogP contribution is 2.55. The van der Waals surface area contributed by atoms with Gasteiger partial charge in [-0.1, -0.05) is 127 Å². The van der Waals surface area contributed by atoms with E-state index in [1.807, 2.05) is 0 Å². The van der Waals surface area contributed by atoms with Crippen LogP contribution in [-0.2, 0) is 4.79 Å². The molecule has 1 heteroatoms. The van der Waals surface area contributed by atoms with Gasteiger partial charge in [-0.05, 0) is 28.4 Å². The first-order valence-electron chi connectivity index (χ1n) is 11.8. The van der Waals surface area contributed by atoms with Crippen molar-refractivity contribution >= 4 is 5.78 Å². The molecule has 4 rings (SSSR count). The quantitative estimate of drug-likeness (QED) is 0.446. The molecular weight excluding hydrogens is 388 g/mol. The van der Waals surface area contributed by atoms with Gasteiger partial charge in [0, 0.05) is 28.4 Å². The van der Waals surface area contributed by atoms with Gasteiger partial charge in [0.25, 0.3) is 0 Å². The highest BCUT2D eigenvalue weighted by molar-refractivity contribution is 6.11. The van der Waals surface area contributed by atoms with E-state index >= 15 is 0 Å². The number of hydrogen-bond donors (Lipinski definition) is 0. The van der Waals surface area contributed by atoms with Gasteiger partial charge in [-0.2, -0.15) is 0 Å². The van der Waals surface area contributed by atoms with Crippen molar-refractivity contribution in [3.63, 3.8) is 0 Å². The monoisotopic (exact) mass is 424 g/mol.